The Morgan fingerprint density at radius 1 is 0.967 bits per heavy atom. The number of nitrogens with zero attached hydrogens (tertiary/aromatic N) is 1. The summed E-state index contributed by atoms with van der Waals surface area (Å²) in [5.41, 5.74) is 1.53. The summed E-state index contributed by atoms with van der Waals surface area (Å²) in [6, 6.07) is 18.4. The summed E-state index contributed by atoms with van der Waals surface area (Å²) < 4.78 is 18.7. The Morgan fingerprint density at radius 2 is 1.63 bits per heavy atom. The van der Waals surface area contributed by atoms with Gasteiger partial charge >= 0.3 is 0 Å². The smallest absolute Gasteiger partial charge is 0.244 e. The zero-order valence-corrected chi connectivity index (χ0v) is 16.1. The van der Waals surface area contributed by atoms with Crippen molar-refractivity contribution in [2.75, 3.05) is 11.9 Å². The van der Waals surface area contributed by atoms with Gasteiger partial charge in [0, 0.05) is 11.5 Å². The molecule has 0 aliphatic heterocycles. The summed E-state index contributed by atoms with van der Waals surface area (Å²) in [5, 5.41) is 5.32. The molecule has 4 rings (SSSR count). The van der Waals surface area contributed by atoms with Crippen LogP contribution in [0, 0.1) is 11.7 Å². The molecule has 6 nitrogen and oxygen atoms in total. The Bertz CT molecular complexity index is 1050. The molecule has 30 heavy (non-hydrogen) atoms. The highest BCUT2D eigenvalue weighted by atomic mass is 19.1. The van der Waals surface area contributed by atoms with E-state index >= 15 is 0 Å². The van der Waals surface area contributed by atoms with Gasteiger partial charge < -0.3 is 15.4 Å². The monoisotopic (exact) mass is 405 g/mol. The standard InChI is InChI=1S/C23H20FN3O3/c24-17-8-12-19(13-9-17)30-18-10-6-15(7-11-18)20-2-1-3-21(26-20)27-22(28)14-25-23(29)16-4-5-16/h1-3,6-13,16H,4-5,14H2,(H,25,29)(H,26,27,28). The number of carbonyl (C=O) groups excluding carboxylic acids is 2. The molecule has 3 aromatic rings. The average molecular weight is 405 g/mol. The van der Waals surface area contributed by atoms with Crippen LogP contribution in [-0.4, -0.2) is 23.3 Å². The summed E-state index contributed by atoms with van der Waals surface area (Å²) in [6.07, 6.45) is 1.79. The zero-order valence-electron chi connectivity index (χ0n) is 16.1. The molecule has 2 N–H and O–H groups in total. The second-order valence-corrected chi connectivity index (χ2v) is 7.03. The molecule has 0 radical (unpaired) electrons. The highest BCUT2D eigenvalue weighted by Crippen LogP contribution is 2.28. The van der Waals surface area contributed by atoms with E-state index in [1.54, 1.807) is 36.4 Å². The van der Waals surface area contributed by atoms with Crippen molar-refractivity contribution in [1.29, 1.82) is 0 Å². The summed E-state index contributed by atoms with van der Waals surface area (Å²) >= 11 is 0. The minimum absolute atomic E-state index is 0.0641. The van der Waals surface area contributed by atoms with Crippen LogP contribution in [0.4, 0.5) is 10.2 Å². The Kier molecular flexibility index (Phi) is 5.70. The molecule has 0 spiro atoms. The number of pyridine rings is 1. The molecule has 1 aromatic heterocycles. The lowest BCUT2D eigenvalue weighted by Gasteiger charge is -2.09. The van der Waals surface area contributed by atoms with Gasteiger partial charge in [-0.2, -0.15) is 0 Å². The summed E-state index contributed by atoms with van der Waals surface area (Å²) in [7, 11) is 0. The van der Waals surface area contributed by atoms with Crippen molar-refractivity contribution in [3.8, 4) is 22.8 Å². The number of amides is 2. The van der Waals surface area contributed by atoms with Crippen molar-refractivity contribution in [2.45, 2.75) is 12.8 Å². The molecule has 0 atom stereocenters. The van der Waals surface area contributed by atoms with Crippen molar-refractivity contribution in [3.05, 3.63) is 72.5 Å². The molecule has 0 saturated heterocycles. The Balaban J connectivity index is 1.37. The minimum Gasteiger partial charge on any atom is -0.457 e. The maximum absolute atomic E-state index is 13.0. The normalized spacial score (nSPS) is 12.8. The van der Waals surface area contributed by atoms with Gasteiger partial charge in [0.15, 0.2) is 0 Å². The van der Waals surface area contributed by atoms with Gasteiger partial charge in [-0.05, 0) is 73.5 Å². The third-order valence-corrected chi connectivity index (χ3v) is 4.59. The highest BCUT2D eigenvalue weighted by Gasteiger charge is 2.29. The van der Waals surface area contributed by atoms with Crippen LogP contribution in [0.1, 0.15) is 12.8 Å². The molecule has 0 bridgehead atoms. The number of benzene rings is 2. The van der Waals surface area contributed by atoms with Crippen LogP contribution in [0.25, 0.3) is 11.3 Å². The van der Waals surface area contributed by atoms with Crippen molar-refractivity contribution in [3.63, 3.8) is 0 Å². The third kappa shape index (κ3) is 5.20. The van der Waals surface area contributed by atoms with Gasteiger partial charge in [-0.3, -0.25) is 9.59 Å². The molecule has 1 fully saturated rings. The minimum atomic E-state index is -0.323. The molecule has 152 valence electrons. The van der Waals surface area contributed by atoms with Gasteiger partial charge in [0.05, 0.1) is 12.2 Å². The molecular formula is C23H20FN3O3. The van der Waals surface area contributed by atoms with Crippen LogP contribution in [0.3, 0.4) is 0 Å². The van der Waals surface area contributed by atoms with E-state index in [-0.39, 0.29) is 30.1 Å². The SMILES string of the molecule is O=C(CNC(=O)C1CC1)Nc1cccc(-c2ccc(Oc3ccc(F)cc3)cc2)n1. The van der Waals surface area contributed by atoms with E-state index in [0.29, 0.717) is 23.0 Å². The predicted octanol–water partition coefficient (Wildman–Crippen LogP) is 4.14. The summed E-state index contributed by atoms with van der Waals surface area (Å²) in [5.74, 6) is 0.911. The van der Waals surface area contributed by atoms with E-state index in [0.717, 1.165) is 18.4 Å². The van der Waals surface area contributed by atoms with Crippen LogP contribution < -0.4 is 15.4 Å². The molecule has 2 amide bonds. The van der Waals surface area contributed by atoms with Gasteiger partial charge in [0.1, 0.15) is 23.1 Å². The van der Waals surface area contributed by atoms with Gasteiger partial charge in [0.25, 0.3) is 0 Å². The molecule has 1 heterocycles. The molecule has 2 aromatic carbocycles. The fourth-order valence-electron chi connectivity index (χ4n) is 2.84. The molecule has 1 saturated carbocycles. The van der Waals surface area contributed by atoms with Gasteiger partial charge in [-0.25, -0.2) is 9.37 Å². The molecule has 1 aliphatic rings. The lowest BCUT2D eigenvalue weighted by Crippen LogP contribution is -2.33. The third-order valence-electron chi connectivity index (χ3n) is 4.59. The van der Waals surface area contributed by atoms with Crippen molar-refractivity contribution in [1.82, 2.24) is 10.3 Å². The lowest BCUT2D eigenvalue weighted by molar-refractivity contribution is -0.125. The van der Waals surface area contributed by atoms with E-state index in [4.69, 9.17) is 4.74 Å². The quantitative estimate of drug-likeness (QED) is 0.619. The highest BCUT2D eigenvalue weighted by molar-refractivity contribution is 5.94. The second kappa shape index (κ2) is 8.73. The number of anilines is 1. The van der Waals surface area contributed by atoms with Crippen molar-refractivity contribution in [2.24, 2.45) is 5.92 Å². The maximum Gasteiger partial charge on any atom is 0.244 e. The molecule has 0 unspecified atom stereocenters. The van der Waals surface area contributed by atoms with Gasteiger partial charge in [0.2, 0.25) is 11.8 Å². The summed E-state index contributed by atoms with van der Waals surface area (Å²) in [6.45, 7) is -0.0728. The first kappa shape index (κ1) is 19.6. The van der Waals surface area contributed by atoms with E-state index < -0.39 is 0 Å². The van der Waals surface area contributed by atoms with Crippen LogP contribution in [0.5, 0.6) is 11.5 Å². The number of nitrogens with one attached hydrogen (secondary N) is 2. The summed E-state index contributed by atoms with van der Waals surface area (Å²) in [4.78, 5) is 28.1. The number of ether oxygens (including phenoxy) is 1. The predicted molar refractivity (Wildman–Crippen MR) is 111 cm³/mol. The number of aromatic nitrogens is 1. The number of hydrogen-bond acceptors (Lipinski definition) is 4. The van der Waals surface area contributed by atoms with E-state index in [2.05, 4.69) is 15.6 Å². The van der Waals surface area contributed by atoms with Crippen molar-refractivity contribution >= 4 is 17.6 Å². The topological polar surface area (TPSA) is 80.3 Å². The fourth-order valence-corrected chi connectivity index (χ4v) is 2.84. The zero-order chi connectivity index (χ0) is 20.9. The van der Waals surface area contributed by atoms with Gasteiger partial charge in [-0.1, -0.05) is 6.07 Å². The Labute approximate surface area is 173 Å². The first-order chi connectivity index (χ1) is 14.6. The van der Waals surface area contributed by atoms with Gasteiger partial charge in [-0.15, -0.1) is 0 Å². The fraction of sp³-hybridized carbons (Fsp3) is 0.174. The molecule has 7 heteroatoms. The first-order valence-corrected chi connectivity index (χ1v) is 9.65. The van der Waals surface area contributed by atoms with Crippen LogP contribution in [-0.2, 0) is 9.59 Å². The number of rotatable bonds is 7. The van der Waals surface area contributed by atoms with Crippen LogP contribution in [0.2, 0.25) is 0 Å². The van der Waals surface area contributed by atoms with E-state index in [1.165, 1.54) is 12.1 Å². The lowest BCUT2D eigenvalue weighted by atomic mass is 10.1. The van der Waals surface area contributed by atoms with Crippen molar-refractivity contribution < 1.29 is 18.7 Å². The Morgan fingerprint density at radius 3 is 2.30 bits per heavy atom. The molecular weight excluding hydrogens is 385 g/mol. The largest absolute Gasteiger partial charge is 0.457 e. The second-order valence-electron chi connectivity index (χ2n) is 7.03. The Hall–Kier alpha value is -3.74. The number of hydrogen-bond donors (Lipinski definition) is 2. The van der Waals surface area contributed by atoms with E-state index in [1.807, 2.05) is 18.2 Å². The maximum atomic E-state index is 13.0. The van der Waals surface area contributed by atoms with Crippen LogP contribution in [0.15, 0.2) is 66.7 Å². The van der Waals surface area contributed by atoms with Crippen LogP contribution >= 0.6 is 0 Å². The molecule has 1 aliphatic carbocycles. The first-order valence-electron chi connectivity index (χ1n) is 9.65. The van der Waals surface area contributed by atoms with E-state index in [9.17, 15) is 14.0 Å². The number of halogens is 1. The number of carbonyl (C=O) groups is 2. The average Bonchev–Trinajstić information content (AvgIpc) is 3.60.